The molecule has 5 nitrogen and oxygen atoms in total. The Bertz CT molecular complexity index is 849. The Hall–Kier alpha value is -2.47. The van der Waals surface area contributed by atoms with Crippen molar-refractivity contribution in [3.63, 3.8) is 0 Å². The normalized spacial score (nSPS) is 14.7. The fourth-order valence-electron chi connectivity index (χ4n) is 3.19. The molecule has 4 rings (SSSR count). The van der Waals surface area contributed by atoms with E-state index < -0.39 is 0 Å². The molecule has 1 aromatic carbocycles. The van der Waals surface area contributed by atoms with Crippen molar-refractivity contribution in [3.8, 4) is 10.6 Å². The van der Waals surface area contributed by atoms with Crippen molar-refractivity contribution in [1.29, 1.82) is 0 Å². The fraction of sp³-hybridized carbons (Fsp3) is 0.316. The van der Waals surface area contributed by atoms with E-state index in [1.807, 2.05) is 46.6 Å². The average molecular weight is 352 g/mol. The molecule has 1 saturated carbocycles. The molecule has 1 fully saturated rings. The number of carbonyl (C=O) groups is 1. The van der Waals surface area contributed by atoms with Crippen LogP contribution in [0.3, 0.4) is 0 Å². The quantitative estimate of drug-likeness (QED) is 0.753. The van der Waals surface area contributed by atoms with Crippen molar-refractivity contribution >= 4 is 17.2 Å². The van der Waals surface area contributed by atoms with Gasteiger partial charge in [0.05, 0.1) is 18.3 Å². The lowest BCUT2D eigenvalue weighted by atomic mass is 10.2. The first-order valence-corrected chi connectivity index (χ1v) is 9.51. The smallest absolute Gasteiger partial charge is 0.272 e. The van der Waals surface area contributed by atoms with Crippen LogP contribution in [0, 0.1) is 0 Å². The minimum Gasteiger partial charge on any atom is -0.345 e. The van der Waals surface area contributed by atoms with E-state index >= 15 is 0 Å². The molecule has 0 radical (unpaired) electrons. The van der Waals surface area contributed by atoms with Crippen LogP contribution in [0.15, 0.2) is 48.0 Å². The molecule has 1 aliphatic rings. The molecule has 1 N–H and O–H groups in total. The van der Waals surface area contributed by atoms with E-state index in [1.165, 1.54) is 12.8 Å². The number of hydrogen-bond donors (Lipinski definition) is 1. The molecule has 0 bridgehead atoms. The third kappa shape index (κ3) is 3.64. The average Bonchev–Trinajstić information content (AvgIpc) is 3.41. The Kier molecular flexibility index (Phi) is 4.61. The molecule has 0 spiro atoms. The van der Waals surface area contributed by atoms with Crippen molar-refractivity contribution < 1.29 is 4.79 Å². The molecule has 1 amide bonds. The second kappa shape index (κ2) is 7.19. The third-order valence-electron chi connectivity index (χ3n) is 4.54. The van der Waals surface area contributed by atoms with Crippen molar-refractivity contribution in [2.75, 3.05) is 0 Å². The van der Waals surface area contributed by atoms with E-state index in [1.54, 1.807) is 17.4 Å². The summed E-state index contributed by atoms with van der Waals surface area (Å²) in [6.45, 7) is 0.415. The number of aromatic nitrogens is 3. The lowest BCUT2D eigenvalue weighted by Gasteiger charge is -2.08. The molecule has 25 heavy (non-hydrogen) atoms. The molecular weight excluding hydrogens is 332 g/mol. The summed E-state index contributed by atoms with van der Waals surface area (Å²) in [4.78, 5) is 16.9. The van der Waals surface area contributed by atoms with Gasteiger partial charge in [0, 0.05) is 17.1 Å². The van der Waals surface area contributed by atoms with Gasteiger partial charge < -0.3 is 5.32 Å². The Balaban J connectivity index is 1.37. The first kappa shape index (κ1) is 16.0. The highest BCUT2D eigenvalue weighted by Gasteiger charge is 2.19. The Labute approximate surface area is 150 Å². The van der Waals surface area contributed by atoms with Crippen LogP contribution < -0.4 is 5.32 Å². The van der Waals surface area contributed by atoms with Gasteiger partial charge in [-0.1, -0.05) is 43.2 Å². The van der Waals surface area contributed by atoms with Crippen molar-refractivity contribution in [3.05, 3.63) is 59.4 Å². The van der Waals surface area contributed by atoms with Crippen molar-refractivity contribution in [1.82, 2.24) is 20.1 Å². The lowest BCUT2D eigenvalue weighted by Crippen LogP contribution is -2.23. The number of nitrogens with one attached hydrogen (secondary N) is 1. The summed E-state index contributed by atoms with van der Waals surface area (Å²) in [6.07, 6.45) is 6.73. The maximum absolute atomic E-state index is 12.3. The van der Waals surface area contributed by atoms with Gasteiger partial charge in [0.25, 0.3) is 5.91 Å². The molecule has 1 aliphatic carbocycles. The minimum atomic E-state index is -0.147. The van der Waals surface area contributed by atoms with E-state index in [2.05, 4.69) is 15.4 Å². The summed E-state index contributed by atoms with van der Waals surface area (Å²) in [5.74, 6) is -0.147. The molecule has 2 aromatic heterocycles. The van der Waals surface area contributed by atoms with Gasteiger partial charge in [-0.15, -0.1) is 11.3 Å². The second-order valence-electron chi connectivity index (χ2n) is 6.31. The first-order chi connectivity index (χ1) is 12.3. The molecule has 6 heteroatoms. The Morgan fingerprint density at radius 3 is 2.80 bits per heavy atom. The number of rotatable bonds is 5. The summed E-state index contributed by atoms with van der Waals surface area (Å²) in [5.41, 5.74) is 2.44. The van der Waals surface area contributed by atoms with Crippen LogP contribution in [0.5, 0.6) is 0 Å². The maximum Gasteiger partial charge on any atom is 0.272 e. The zero-order valence-electron chi connectivity index (χ0n) is 13.9. The van der Waals surface area contributed by atoms with Crippen molar-refractivity contribution in [2.45, 2.75) is 38.3 Å². The molecule has 0 atom stereocenters. The predicted molar refractivity (Wildman–Crippen MR) is 98.5 cm³/mol. The fourth-order valence-corrected chi connectivity index (χ4v) is 4.02. The topological polar surface area (TPSA) is 59.8 Å². The summed E-state index contributed by atoms with van der Waals surface area (Å²) in [5, 5.41) is 10.3. The Morgan fingerprint density at radius 1 is 1.20 bits per heavy atom. The lowest BCUT2D eigenvalue weighted by molar-refractivity contribution is 0.0944. The van der Waals surface area contributed by atoms with Crippen LogP contribution in [0.2, 0.25) is 0 Å². The van der Waals surface area contributed by atoms with Gasteiger partial charge in [-0.2, -0.15) is 5.10 Å². The zero-order chi connectivity index (χ0) is 17.1. The molecule has 0 aliphatic heterocycles. The Morgan fingerprint density at radius 2 is 2.00 bits per heavy atom. The van der Waals surface area contributed by atoms with E-state index in [0.717, 1.165) is 29.1 Å². The SMILES string of the molecule is O=C(NCc1csc(-c2ccccc2)n1)c1ccn(C2CCCC2)n1. The summed E-state index contributed by atoms with van der Waals surface area (Å²) in [6, 6.07) is 12.3. The highest BCUT2D eigenvalue weighted by molar-refractivity contribution is 7.13. The summed E-state index contributed by atoms with van der Waals surface area (Å²) >= 11 is 1.59. The highest BCUT2D eigenvalue weighted by Crippen LogP contribution is 2.28. The van der Waals surface area contributed by atoms with Crippen LogP contribution in [0.4, 0.5) is 0 Å². The largest absolute Gasteiger partial charge is 0.345 e. The number of benzene rings is 1. The number of carbonyl (C=O) groups excluding carboxylic acids is 1. The molecule has 3 aromatic rings. The molecular formula is C19H20N4OS. The summed E-state index contributed by atoms with van der Waals surface area (Å²) in [7, 11) is 0. The van der Waals surface area contributed by atoms with Crippen LogP contribution >= 0.6 is 11.3 Å². The van der Waals surface area contributed by atoms with Crippen LogP contribution in [0.25, 0.3) is 10.6 Å². The standard InChI is InChI=1S/C19H20N4OS/c24-18(17-10-11-23(22-17)16-8-4-5-9-16)20-12-15-13-25-19(21-15)14-6-2-1-3-7-14/h1-3,6-7,10-11,13,16H,4-5,8-9,12H2,(H,20,24). The second-order valence-corrected chi connectivity index (χ2v) is 7.17. The van der Waals surface area contributed by atoms with Gasteiger partial charge in [0.1, 0.15) is 10.7 Å². The van der Waals surface area contributed by atoms with Crippen LogP contribution in [-0.2, 0) is 6.54 Å². The maximum atomic E-state index is 12.3. The number of amides is 1. The number of thiazole rings is 1. The number of hydrogen-bond acceptors (Lipinski definition) is 4. The van der Waals surface area contributed by atoms with E-state index in [-0.39, 0.29) is 5.91 Å². The molecule has 2 heterocycles. The van der Waals surface area contributed by atoms with E-state index in [0.29, 0.717) is 18.3 Å². The van der Waals surface area contributed by atoms with E-state index in [4.69, 9.17) is 0 Å². The monoisotopic (exact) mass is 352 g/mol. The molecule has 0 unspecified atom stereocenters. The van der Waals surface area contributed by atoms with Gasteiger partial charge >= 0.3 is 0 Å². The first-order valence-electron chi connectivity index (χ1n) is 8.63. The van der Waals surface area contributed by atoms with Crippen molar-refractivity contribution in [2.24, 2.45) is 0 Å². The van der Waals surface area contributed by atoms with Crippen LogP contribution in [-0.4, -0.2) is 20.7 Å². The van der Waals surface area contributed by atoms with E-state index in [9.17, 15) is 4.79 Å². The molecule has 128 valence electrons. The third-order valence-corrected chi connectivity index (χ3v) is 5.48. The van der Waals surface area contributed by atoms with Gasteiger partial charge in [-0.05, 0) is 18.9 Å². The minimum absolute atomic E-state index is 0.147. The number of nitrogens with zero attached hydrogens (tertiary/aromatic N) is 3. The van der Waals surface area contributed by atoms with Gasteiger partial charge in [0.2, 0.25) is 0 Å². The highest BCUT2D eigenvalue weighted by atomic mass is 32.1. The van der Waals surface area contributed by atoms with Gasteiger partial charge in [0.15, 0.2) is 0 Å². The summed E-state index contributed by atoms with van der Waals surface area (Å²) < 4.78 is 1.94. The molecule has 0 saturated heterocycles. The van der Waals surface area contributed by atoms with Gasteiger partial charge in [-0.25, -0.2) is 4.98 Å². The van der Waals surface area contributed by atoms with Crippen LogP contribution in [0.1, 0.15) is 47.9 Å². The predicted octanol–water partition coefficient (Wildman–Crippen LogP) is 4.05. The van der Waals surface area contributed by atoms with Gasteiger partial charge in [-0.3, -0.25) is 9.48 Å². The zero-order valence-corrected chi connectivity index (χ0v) is 14.7.